The van der Waals surface area contributed by atoms with Crippen molar-refractivity contribution in [1.29, 1.82) is 0 Å². The summed E-state index contributed by atoms with van der Waals surface area (Å²) >= 11 is 0. The predicted molar refractivity (Wildman–Crippen MR) is 73.3 cm³/mol. The molecule has 1 fully saturated rings. The van der Waals surface area contributed by atoms with Crippen LogP contribution in [-0.4, -0.2) is 24.0 Å². The molecule has 1 aliphatic heterocycles. The summed E-state index contributed by atoms with van der Waals surface area (Å²) in [5, 5.41) is 6.22. The van der Waals surface area contributed by atoms with Gasteiger partial charge in [0.05, 0.1) is 6.42 Å². The molecule has 0 aliphatic carbocycles. The van der Waals surface area contributed by atoms with Crippen LogP contribution in [0.3, 0.4) is 0 Å². The molecule has 1 amide bonds. The largest absolute Gasteiger partial charge is 0.352 e. The van der Waals surface area contributed by atoms with Crippen LogP contribution in [0, 0.1) is 11.6 Å². The Bertz CT molecular complexity index is 473. The van der Waals surface area contributed by atoms with Crippen molar-refractivity contribution < 1.29 is 13.6 Å². The number of carbonyl (C=O) groups excluding carboxylic acids is 1. The fourth-order valence-electron chi connectivity index (χ4n) is 2.64. The fourth-order valence-corrected chi connectivity index (χ4v) is 2.64. The molecule has 0 radical (unpaired) electrons. The van der Waals surface area contributed by atoms with Crippen molar-refractivity contribution in [3.8, 4) is 0 Å². The summed E-state index contributed by atoms with van der Waals surface area (Å²) in [5.74, 6) is -1.70. The van der Waals surface area contributed by atoms with E-state index in [9.17, 15) is 13.6 Å². The van der Waals surface area contributed by atoms with Crippen molar-refractivity contribution in [2.75, 3.05) is 0 Å². The first-order valence-electron chi connectivity index (χ1n) is 6.95. The maximum Gasteiger partial charge on any atom is 0.224 e. The smallest absolute Gasteiger partial charge is 0.224 e. The number of carbonyl (C=O) groups is 1. The second-order valence-electron chi connectivity index (χ2n) is 5.48. The molecule has 0 spiro atoms. The molecule has 1 aliphatic rings. The van der Waals surface area contributed by atoms with Crippen LogP contribution in [0.15, 0.2) is 18.2 Å². The monoisotopic (exact) mass is 282 g/mol. The fraction of sp³-hybridized carbons (Fsp3) is 0.533. The summed E-state index contributed by atoms with van der Waals surface area (Å²) in [5.41, 5.74) is -0.171. The third-order valence-corrected chi connectivity index (χ3v) is 3.81. The van der Waals surface area contributed by atoms with Gasteiger partial charge in [0, 0.05) is 23.7 Å². The lowest BCUT2D eigenvalue weighted by atomic mass is 9.95. The molecule has 1 saturated heterocycles. The van der Waals surface area contributed by atoms with E-state index in [1.54, 1.807) is 0 Å². The minimum Gasteiger partial charge on any atom is -0.352 e. The summed E-state index contributed by atoms with van der Waals surface area (Å²) in [4.78, 5) is 11.9. The van der Waals surface area contributed by atoms with E-state index in [0.717, 1.165) is 25.0 Å². The van der Waals surface area contributed by atoms with Crippen molar-refractivity contribution in [3.63, 3.8) is 0 Å². The minimum atomic E-state index is -0.677. The lowest BCUT2D eigenvalue weighted by Crippen LogP contribution is -2.55. The van der Waals surface area contributed by atoms with Gasteiger partial charge >= 0.3 is 0 Å². The van der Waals surface area contributed by atoms with Crippen LogP contribution >= 0.6 is 0 Å². The standard InChI is InChI=1S/C15H20F2N2O/c1-9-6-7-14(10(2)18-9)19-15(20)8-11-12(16)4-3-5-13(11)17/h3-5,9-10,14,18H,6-8H2,1-2H3,(H,19,20). The lowest BCUT2D eigenvalue weighted by Gasteiger charge is -2.34. The summed E-state index contributed by atoms with van der Waals surface area (Å²) in [7, 11) is 0. The van der Waals surface area contributed by atoms with Crippen molar-refractivity contribution in [2.45, 2.75) is 51.2 Å². The van der Waals surface area contributed by atoms with E-state index in [2.05, 4.69) is 17.6 Å². The van der Waals surface area contributed by atoms with Crippen molar-refractivity contribution in [3.05, 3.63) is 35.4 Å². The highest BCUT2D eigenvalue weighted by Gasteiger charge is 2.26. The predicted octanol–water partition coefficient (Wildman–Crippen LogP) is 2.15. The number of hydrogen-bond donors (Lipinski definition) is 2. The zero-order chi connectivity index (χ0) is 14.7. The number of hydrogen-bond acceptors (Lipinski definition) is 2. The molecule has 3 nitrogen and oxygen atoms in total. The van der Waals surface area contributed by atoms with E-state index in [0.29, 0.717) is 6.04 Å². The third kappa shape index (κ3) is 3.54. The average Bonchev–Trinajstić information content (AvgIpc) is 2.37. The molecule has 3 unspecified atom stereocenters. The Balaban J connectivity index is 1.96. The number of nitrogens with one attached hydrogen (secondary N) is 2. The van der Waals surface area contributed by atoms with Gasteiger partial charge in [-0.25, -0.2) is 8.78 Å². The SMILES string of the molecule is CC1CCC(NC(=O)Cc2c(F)cccc2F)C(C)N1. The van der Waals surface area contributed by atoms with Crippen LogP contribution in [0.1, 0.15) is 32.3 Å². The minimum absolute atomic E-state index is 0.00790. The molecule has 1 aromatic rings. The van der Waals surface area contributed by atoms with Gasteiger partial charge in [-0.3, -0.25) is 4.79 Å². The number of rotatable bonds is 3. The van der Waals surface area contributed by atoms with Gasteiger partial charge < -0.3 is 10.6 Å². The van der Waals surface area contributed by atoms with E-state index in [-0.39, 0.29) is 30.0 Å². The molecule has 0 saturated carbocycles. The van der Waals surface area contributed by atoms with E-state index >= 15 is 0 Å². The highest BCUT2D eigenvalue weighted by molar-refractivity contribution is 5.79. The van der Waals surface area contributed by atoms with E-state index < -0.39 is 11.6 Å². The van der Waals surface area contributed by atoms with Gasteiger partial charge in [0.2, 0.25) is 5.91 Å². The highest BCUT2D eigenvalue weighted by atomic mass is 19.1. The molecule has 110 valence electrons. The summed E-state index contributed by atoms with van der Waals surface area (Å²) in [6.07, 6.45) is 1.58. The molecule has 2 N–H and O–H groups in total. The number of amides is 1. The van der Waals surface area contributed by atoms with Crippen molar-refractivity contribution in [2.24, 2.45) is 0 Å². The topological polar surface area (TPSA) is 41.1 Å². The van der Waals surface area contributed by atoms with Crippen molar-refractivity contribution >= 4 is 5.91 Å². The third-order valence-electron chi connectivity index (χ3n) is 3.81. The van der Waals surface area contributed by atoms with Crippen LogP contribution in [0.5, 0.6) is 0 Å². The molecular formula is C15H20F2N2O. The Labute approximate surface area is 117 Å². The van der Waals surface area contributed by atoms with E-state index in [4.69, 9.17) is 0 Å². The number of halogens is 2. The second-order valence-corrected chi connectivity index (χ2v) is 5.48. The Morgan fingerprint density at radius 3 is 2.55 bits per heavy atom. The molecule has 5 heteroatoms. The number of benzene rings is 1. The summed E-state index contributed by atoms with van der Waals surface area (Å²) in [6, 6.07) is 4.22. The van der Waals surface area contributed by atoms with E-state index in [1.165, 1.54) is 6.07 Å². The van der Waals surface area contributed by atoms with Gasteiger partial charge in [0.15, 0.2) is 0 Å². The quantitative estimate of drug-likeness (QED) is 0.892. The zero-order valence-corrected chi connectivity index (χ0v) is 11.7. The van der Waals surface area contributed by atoms with Gasteiger partial charge in [-0.1, -0.05) is 6.07 Å². The second kappa shape index (κ2) is 6.31. The highest BCUT2D eigenvalue weighted by Crippen LogP contribution is 2.15. The normalized spacial score (nSPS) is 26.3. The Kier molecular flexibility index (Phi) is 4.70. The molecule has 20 heavy (non-hydrogen) atoms. The molecule has 1 aromatic carbocycles. The van der Waals surface area contributed by atoms with E-state index in [1.807, 2.05) is 6.92 Å². The number of piperidine rings is 1. The first-order chi connectivity index (χ1) is 9.47. The lowest BCUT2D eigenvalue weighted by molar-refractivity contribution is -0.121. The van der Waals surface area contributed by atoms with Gasteiger partial charge in [0.25, 0.3) is 0 Å². The molecule has 1 heterocycles. The van der Waals surface area contributed by atoms with Gasteiger partial charge in [0.1, 0.15) is 11.6 Å². The van der Waals surface area contributed by atoms with Crippen LogP contribution in [0.4, 0.5) is 8.78 Å². The molecule has 2 rings (SSSR count). The van der Waals surface area contributed by atoms with Crippen LogP contribution in [0.2, 0.25) is 0 Å². The first kappa shape index (κ1) is 14.9. The van der Waals surface area contributed by atoms with Gasteiger partial charge in [-0.15, -0.1) is 0 Å². The molecule has 3 atom stereocenters. The summed E-state index contributed by atoms with van der Waals surface area (Å²) in [6.45, 7) is 4.10. The summed E-state index contributed by atoms with van der Waals surface area (Å²) < 4.78 is 27.0. The van der Waals surface area contributed by atoms with Crippen LogP contribution < -0.4 is 10.6 Å². The van der Waals surface area contributed by atoms with Crippen LogP contribution in [0.25, 0.3) is 0 Å². The van der Waals surface area contributed by atoms with Gasteiger partial charge in [-0.05, 0) is 38.8 Å². The first-order valence-corrected chi connectivity index (χ1v) is 6.95. The Morgan fingerprint density at radius 1 is 1.30 bits per heavy atom. The molecule has 0 aromatic heterocycles. The Morgan fingerprint density at radius 2 is 1.95 bits per heavy atom. The average molecular weight is 282 g/mol. The molecule has 0 bridgehead atoms. The Hall–Kier alpha value is -1.49. The van der Waals surface area contributed by atoms with Crippen LogP contribution in [-0.2, 0) is 11.2 Å². The zero-order valence-electron chi connectivity index (χ0n) is 11.7. The molecular weight excluding hydrogens is 262 g/mol. The van der Waals surface area contributed by atoms with Crippen molar-refractivity contribution in [1.82, 2.24) is 10.6 Å². The van der Waals surface area contributed by atoms with Gasteiger partial charge in [-0.2, -0.15) is 0 Å². The maximum absolute atomic E-state index is 13.5. The maximum atomic E-state index is 13.5.